The summed E-state index contributed by atoms with van der Waals surface area (Å²) in [7, 11) is 0. The molecule has 0 aliphatic carbocycles. The van der Waals surface area contributed by atoms with Crippen molar-refractivity contribution in [3.05, 3.63) is 59.2 Å². The lowest BCUT2D eigenvalue weighted by Crippen LogP contribution is -2.56. The molecular formula is C28H41Cl2N3O3. The maximum Gasteiger partial charge on any atom is 0.237 e. The number of piperidine rings is 1. The van der Waals surface area contributed by atoms with Gasteiger partial charge in [-0.2, -0.15) is 0 Å². The van der Waals surface area contributed by atoms with Crippen LogP contribution in [0.25, 0.3) is 0 Å². The molecule has 0 bridgehead atoms. The number of likely N-dealkylation sites (tertiary alicyclic amines) is 1. The highest BCUT2D eigenvalue weighted by molar-refractivity contribution is 5.85. The van der Waals surface area contributed by atoms with Gasteiger partial charge in [0.05, 0.1) is 6.04 Å². The Morgan fingerprint density at radius 1 is 1.14 bits per heavy atom. The first-order valence-corrected chi connectivity index (χ1v) is 12.5. The van der Waals surface area contributed by atoms with Gasteiger partial charge in [0.15, 0.2) is 0 Å². The van der Waals surface area contributed by atoms with Crippen LogP contribution in [0.1, 0.15) is 50.8 Å². The zero-order valence-corrected chi connectivity index (χ0v) is 23.3. The number of benzene rings is 2. The van der Waals surface area contributed by atoms with Gasteiger partial charge < -0.3 is 25.7 Å². The number of amides is 1. The van der Waals surface area contributed by atoms with Gasteiger partial charge in [0.1, 0.15) is 11.5 Å². The highest BCUT2D eigenvalue weighted by Gasteiger charge is 2.39. The van der Waals surface area contributed by atoms with E-state index < -0.39 is 0 Å². The van der Waals surface area contributed by atoms with E-state index in [1.54, 1.807) is 18.2 Å². The molecule has 0 spiro atoms. The van der Waals surface area contributed by atoms with Crippen molar-refractivity contribution in [2.24, 2.45) is 11.8 Å². The third-order valence-electron chi connectivity index (χ3n) is 8.13. The minimum Gasteiger partial charge on any atom is -0.508 e. The Bertz CT molecular complexity index is 1030. The highest BCUT2D eigenvalue weighted by Crippen LogP contribution is 2.40. The second-order valence-corrected chi connectivity index (χ2v) is 10.8. The molecule has 1 saturated heterocycles. The lowest BCUT2D eigenvalue weighted by atomic mass is 9.68. The summed E-state index contributed by atoms with van der Waals surface area (Å²) < 4.78 is 0. The second-order valence-electron chi connectivity index (χ2n) is 10.8. The summed E-state index contributed by atoms with van der Waals surface area (Å²) >= 11 is 0. The lowest BCUT2D eigenvalue weighted by molar-refractivity contribution is -0.124. The number of hydrogen-bond acceptors (Lipinski definition) is 5. The van der Waals surface area contributed by atoms with Gasteiger partial charge in [-0.25, -0.2) is 0 Å². The van der Waals surface area contributed by atoms with Crippen LogP contribution >= 0.6 is 24.8 Å². The summed E-state index contributed by atoms with van der Waals surface area (Å²) in [5.41, 5.74) is 3.40. The third kappa shape index (κ3) is 6.65. The fourth-order valence-electron chi connectivity index (χ4n) is 5.44. The number of aromatic hydroxyl groups is 2. The molecule has 8 heteroatoms. The minimum atomic E-state index is -0.257. The van der Waals surface area contributed by atoms with Crippen LogP contribution in [0.4, 0.5) is 0 Å². The normalized spacial score (nSPS) is 24.7. The quantitative estimate of drug-likeness (QED) is 0.439. The van der Waals surface area contributed by atoms with Gasteiger partial charge >= 0.3 is 0 Å². The first kappa shape index (κ1) is 30.2. The van der Waals surface area contributed by atoms with E-state index in [0.717, 1.165) is 37.2 Å². The van der Waals surface area contributed by atoms with E-state index in [2.05, 4.69) is 49.3 Å². The fourth-order valence-corrected chi connectivity index (χ4v) is 5.44. The first-order valence-electron chi connectivity index (χ1n) is 12.5. The van der Waals surface area contributed by atoms with E-state index >= 15 is 0 Å². The summed E-state index contributed by atoms with van der Waals surface area (Å²) in [5.74, 6) is 1.39. The summed E-state index contributed by atoms with van der Waals surface area (Å²) in [6.45, 7) is 12.3. The van der Waals surface area contributed by atoms with Crippen molar-refractivity contribution in [3.8, 4) is 11.5 Å². The Hall–Kier alpha value is -1.99. The molecule has 1 fully saturated rings. The summed E-state index contributed by atoms with van der Waals surface area (Å²) in [6.07, 6.45) is 1.65. The number of hydrogen-bond donors (Lipinski definition) is 4. The number of phenols is 2. The van der Waals surface area contributed by atoms with Crippen molar-refractivity contribution < 1.29 is 15.0 Å². The molecule has 200 valence electrons. The third-order valence-corrected chi connectivity index (χ3v) is 8.13. The van der Waals surface area contributed by atoms with Crippen molar-refractivity contribution in [1.82, 2.24) is 15.5 Å². The maximum atomic E-state index is 13.2. The maximum absolute atomic E-state index is 13.2. The van der Waals surface area contributed by atoms with Crippen molar-refractivity contribution in [3.63, 3.8) is 0 Å². The Kier molecular flexibility index (Phi) is 10.5. The van der Waals surface area contributed by atoms with Crippen molar-refractivity contribution >= 4 is 30.7 Å². The summed E-state index contributed by atoms with van der Waals surface area (Å²) in [4.78, 5) is 15.6. The second kappa shape index (κ2) is 12.5. The number of nitrogens with one attached hydrogen (secondary N) is 2. The van der Waals surface area contributed by atoms with E-state index in [4.69, 9.17) is 0 Å². The molecular weight excluding hydrogens is 497 g/mol. The lowest BCUT2D eigenvalue weighted by Gasteiger charge is -2.46. The number of fused-ring (bicyclic) bond motifs is 1. The van der Waals surface area contributed by atoms with Crippen molar-refractivity contribution in [2.45, 2.75) is 64.6 Å². The van der Waals surface area contributed by atoms with E-state index in [0.29, 0.717) is 30.6 Å². The molecule has 1 amide bonds. The van der Waals surface area contributed by atoms with E-state index in [-0.39, 0.29) is 54.0 Å². The Labute approximate surface area is 227 Å². The average molecular weight is 539 g/mol. The van der Waals surface area contributed by atoms with Gasteiger partial charge in [0.2, 0.25) is 5.91 Å². The predicted molar refractivity (Wildman–Crippen MR) is 149 cm³/mol. The largest absolute Gasteiger partial charge is 0.508 e. The Morgan fingerprint density at radius 2 is 1.86 bits per heavy atom. The Morgan fingerprint density at radius 3 is 2.53 bits per heavy atom. The zero-order chi connectivity index (χ0) is 24.5. The molecule has 2 heterocycles. The van der Waals surface area contributed by atoms with Crippen LogP contribution in [0.5, 0.6) is 11.5 Å². The van der Waals surface area contributed by atoms with Gasteiger partial charge in [0, 0.05) is 25.7 Å². The molecule has 0 radical (unpaired) electrons. The molecule has 2 aromatic carbocycles. The smallest absolute Gasteiger partial charge is 0.237 e. The van der Waals surface area contributed by atoms with Crippen LogP contribution in [-0.2, 0) is 23.2 Å². The Balaban J connectivity index is 0.00000228. The van der Waals surface area contributed by atoms with Gasteiger partial charge in [-0.1, -0.05) is 45.9 Å². The van der Waals surface area contributed by atoms with Crippen molar-refractivity contribution in [2.75, 3.05) is 19.6 Å². The fraction of sp³-hybridized carbons (Fsp3) is 0.536. The monoisotopic (exact) mass is 537 g/mol. The number of carbonyl (C=O) groups is 1. The van der Waals surface area contributed by atoms with E-state index in [9.17, 15) is 15.0 Å². The first-order chi connectivity index (χ1) is 16.2. The number of phenolic OH excluding ortho intramolecular Hbond substituents is 2. The van der Waals surface area contributed by atoms with Crippen LogP contribution in [0, 0.1) is 11.8 Å². The van der Waals surface area contributed by atoms with E-state index in [1.165, 1.54) is 5.56 Å². The molecule has 6 nitrogen and oxygen atoms in total. The topological polar surface area (TPSA) is 84.8 Å². The van der Waals surface area contributed by atoms with Crippen LogP contribution in [0.15, 0.2) is 42.5 Å². The number of rotatable bonds is 6. The van der Waals surface area contributed by atoms with Crippen molar-refractivity contribution in [1.29, 1.82) is 0 Å². The van der Waals surface area contributed by atoms with Crippen LogP contribution in [0.2, 0.25) is 0 Å². The minimum absolute atomic E-state index is 0. The number of halogens is 2. The molecule has 2 aliphatic rings. The zero-order valence-electron chi connectivity index (χ0n) is 21.7. The SMILES string of the molecule is CC(C)C(CN1CCC(C)(c2cccc(O)c2)C(C)C1)NC(=O)C1Cc2ccc(O)cc2CN1.Cl.Cl. The van der Waals surface area contributed by atoms with Gasteiger partial charge in [-0.15, -0.1) is 24.8 Å². The molecule has 0 saturated carbocycles. The highest BCUT2D eigenvalue weighted by atomic mass is 35.5. The number of nitrogens with zero attached hydrogens (tertiary/aromatic N) is 1. The van der Waals surface area contributed by atoms with Gasteiger partial charge in [-0.05, 0) is 77.6 Å². The molecule has 4 N–H and O–H groups in total. The molecule has 4 atom stereocenters. The molecule has 2 aromatic rings. The molecule has 4 rings (SSSR count). The standard InChI is InChI=1S/C28H39N3O3.2ClH/c1-18(2)26(30-27(34)25-13-20-8-9-24(33)12-21(20)15-29-25)17-31-11-10-28(4,19(3)16-31)22-6-5-7-23(32)14-22;;/h5-9,12,14,18-19,25-26,29,32-33H,10-11,13,15-17H2,1-4H3,(H,30,34);2*1H. The molecule has 0 aromatic heterocycles. The predicted octanol–water partition coefficient (Wildman–Crippen LogP) is 4.40. The summed E-state index contributed by atoms with van der Waals surface area (Å²) in [6, 6.07) is 12.9. The molecule has 4 unspecified atom stereocenters. The van der Waals surface area contributed by atoms with E-state index in [1.807, 2.05) is 18.2 Å². The summed E-state index contributed by atoms with van der Waals surface area (Å²) in [5, 5.41) is 26.3. The van der Waals surface area contributed by atoms with Crippen LogP contribution in [0.3, 0.4) is 0 Å². The van der Waals surface area contributed by atoms with Crippen LogP contribution < -0.4 is 10.6 Å². The van der Waals surface area contributed by atoms with Gasteiger partial charge in [0.25, 0.3) is 0 Å². The van der Waals surface area contributed by atoms with Crippen LogP contribution in [-0.4, -0.2) is 52.7 Å². The van der Waals surface area contributed by atoms with Gasteiger partial charge in [-0.3, -0.25) is 4.79 Å². The molecule has 2 aliphatic heterocycles. The average Bonchev–Trinajstić information content (AvgIpc) is 2.80. The number of carbonyl (C=O) groups excluding carboxylic acids is 1. The molecule has 36 heavy (non-hydrogen) atoms.